The van der Waals surface area contributed by atoms with Crippen molar-refractivity contribution in [2.45, 2.75) is 64.2 Å². The predicted molar refractivity (Wildman–Crippen MR) is 89.9 cm³/mol. The van der Waals surface area contributed by atoms with E-state index in [4.69, 9.17) is 11.3 Å². The highest BCUT2D eigenvalue weighted by atomic mass is 16.5. The maximum Gasteiger partial charge on any atom is 0.214 e. The maximum atomic E-state index is 6.53. The van der Waals surface area contributed by atoms with E-state index >= 15 is 0 Å². The van der Waals surface area contributed by atoms with E-state index in [9.17, 15) is 0 Å². The standard InChI is InChI=1S/C9H15N.C9H18O/c2*1-3-4-5-6-7-8-9-10-2/h3H,1,4-9H2;3H,1,4-9H2,2H3. The quantitative estimate of drug-likeness (QED) is 0.235. The van der Waals surface area contributed by atoms with Crippen LogP contribution < -0.4 is 0 Å². The molecule has 0 unspecified atom stereocenters. The molecule has 0 saturated heterocycles. The Morgan fingerprint density at radius 1 is 0.850 bits per heavy atom. The number of unbranched alkanes of at least 4 members (excludes halogenated alkanes) is 8. The SMILES string of the molecule is C=CCCCCCCOC.[C-]#[N+]CCCCCCC=C. The van der Waals surface area contributed by atoms with Crippen molar-refractivity contribution in [3.05, 3.63) is 36.7 Å². The molecule has 0 bridgehead atoms. The van der Waals surface area contributed by atoms with E-state index in [0.29, 0.717) is 6.54 Å². The molecule has 0 fully saturated rings. The Labute approximate surface area is 126 Å². The van der Waals surface area contributed by atoms with Crippen LogP contribution >= 0.6 is 0 Å². The van der Waals surface area contributed by atoms with Crippen LogP contribution in [0.5, 0.6) is 0 Å². The molecule has 2 nitrogen and oxygen atoms in total. The summed E-state index contributed by atoms with van der Waals surface area (Å²) in [4.78, 5) is 3.28. The summed E-state index contributed by atoms with van der Waals surface area (Å²) in [6.45, 7) is 15.5. The van der Waals surface area contributed by atoms with Crippen molar-refractivity contribution in [3.8, 4) is 0 Å². The topological polar surface area (TPSA) is 13.6 Å². The molecule has 0 amide bonds. The molecular weight excluding hydrogens is 246 g/mol. The zero-order valence-corrected chi connectivity index (χ0v) is 13.4. The van der Waals surface area contributed by atoms with Crippen molar-refractivity contribution < 1.29 is 4.74 Å². The monoisotopic (exact) mass is 279 g/mol. The lowest BCUT2D eigenvalue weighted by Crippen LogP contribution is -1.87. The molecule has 0 N–H and O–H groups in total. The van der Waals surface area contributed by atoms with Crippen molar-refractivity contribution in [2.24, 2.45) is 0 Å². The molecule has 0 saturated carbocycles. The van der Waals surface area contributed by atoms with Crippen LogP contribution in [0.25, 0.3) is 4.85 Å². The highest BCUT2D eigenvalue weighted by molar-refractivity contribution is 4.66. The van der Waals surface area contributed by atoms with Crippen LogP contribution in [0, 0.1) is 6.57 Å². The van der Waals surface area contributed by atoms with Gasteiger partial charge in [0.15, 0.2) is 0 Å². The lowest BCUT2D eigenvalue weighted by molar-refractivity contribution is 0.192. The third-order valence-electron chi connectivity index (χ3n) is 2.93. The molecule has 0 radical (unpaired) electrons. The molecule has 0 aliphatic carbocycles. The fraction of sp³-hybridized carbons (Fsp3) is 0.722. The van der Waals surface area contributed by atoms with Crippen LogP contribution in [0.15, 0.2) is 25.3 Å². The molecule has 0 aliphatic heterocycles. The number of hydrogen-bond donors (Lipinski definition) is 0. The minimum absolute atomic E-state index is 0.702. The molecular formula is C18H33NO. The Hall–Kier alpha value is -1.07. The smallest absolute Gasteiger partial charge is 0.214 e. The summed E-state index contributed by atoms with van der Waals surface area (Å²) in [5.41, 5.74) is 0. The van der Waals surface area contributed by atoms with Crippen LogP contribution in [-0.2, 0) is 4.74 Å². The van der Waals surface area contributed by atoms with Crippen molar-refractivity contribution in [3.63, 3.8) is 0 Å². The van der Waals surface area contributed by atoms with E-state index < -0.39 is 0 Å². The van der Waals surface area contributed by atoms with Crippen LogP contribution in [0.2, 0.25) is 0 Å². The van der Waals surface area contributed by atoms with Gasteiger partial charge in [0.1, 0.15) is 0 Å². The molecule has 0 aromatic rings. The summed E-state index contributed by atoms with van der Waals surface area (Å²) in [5, 5.41) is 0. The lowest BCUT2D eigenvalue weighted by atomic mass is 10.1. The van der Waals surface area contributed by atoms with E-state index in [2.05, 4.69) is 18.0 Å². The maximum absolute atomic E-state index is 6.53. The van der Waals surface area contributed by atoms with Crippen molar-refractivity contribution in [1.82, 2.24) is 0 Å². The van der Waals surface area contributed by atoms with Crippen LogP contribution in [-0.4, -0.2) is 20.3 Å². The normalized spacial score (nSPS) is 9.20. The third kappa shape index (κ3) is 25.7. The lowest BCUT2D eigenvalue weighted by Gasteiger charge is -1.97. The zero-order chi connectivity index (χ0) is 15.3. The zero-order valence-electron chi connectivity index (χ0n) is 13.4. The summed E-state index contributed by atoms with van der Waals surface area (Å²) in [6, 6.07) is 0. The van der Waals surface area contributed by atoms with Crippen molar-refractivity contribution in [2.75, 3.05) is 20.3 Å². The first-order chi connectivity index (χ1) is 9.83. The van der Waals surface area contributed by atoms with Gasteiger partial charge in [-0.05, 0) is 38.5 Å². The minimum Gasteiger partial charge on any atom is -0.385 e. The summed E-state index contributed by atoms with van der Waals surface area (Å²) >= 11 is 0. The average Bonchev–Trinajstić information content (AvgIpc) is 2.47. The highest BCUT2D eigenvalue weighted by Crippen LogP contribution is 2.03. The first-order valence-electron chi connectivity index (χ1n) is 7.87. The number of rotatable bonds is 13. The molecule has 0 aliphatic rings. The highest BCUT2D eigenvalue weighted by Gasteiger charge is 1.88. The molecule has 116 valence electrons. The molecule has 0 rings (SSSR count). The molecule has 20 heavy (non-hydrogen) atoms. The van der Waals surface area contributed by atoms with Crippen molar-refractivity contribution >= 4 is 0 Å². The second-order valence-electron chi connectivity index (χ2n) is 4.86. The Kier molecular flexibility index (Phi) is 24.5. The predicted octanol–water partition coefficient (Wildman–Crippen LogP) is 5.81. The molecule has 0 spiro atoms. The van der Waals surface area contributed by atoms with E-state index in [1.54, 1.807) is 7.11 Å². The summed E-state index contributed by atoms with van der Waals surface area (Å²) < 4.78 is 4.93. The summed E-state index contributed by atoms with van der Waals surface area (Å²) in [5.74, 6) is 0. The largest absolute Gasteiger partial charge is 0.385 e. The first-order valence-corrected chi connectivity index (χ1v) is 7.87. The fourth-order valence-corrected chi connectivity index (χ4v) is 1.72. The Bertz CT molecular complexity index is 230. The van der Waals surface area contributed by atoms with Gasteiger partial charge in [-0.15, -0.1) is 13.2 Å². The minimum atomic E-state index is 0.702. The van der Waals surface area contributed by atoms with E-state index in [0.717, 1.165) is 25.9 Å². The first kappa shape index (κ1) is 21.2. The third-order valence-corrected chi connectivity index (χ3v) is 2.93. The second kappa shape index (κ2) is 23.1. The van der Waals surface area contributed by atoms with Gasteiger partial charge in [-0.2, -0.15) is 0 Å². The van der Waals surface area contributed by atoms with Crippen LogP contribution in [0.4, 0.5) is 0 Å². The van der Waals surface area contributed by atoms with Gasteiger partial charge in [0.05, 0.1) is 0 Å². The number of ether oxygens (including phenoxy) is 1. The second-order valence-corrected chi connectivity index (χ2v) is 4.86. The van der Waals surface area contributed by atoms with Crippen LogP contribution in [0.3, 0.4) is 0 Å². The van der Waals surface area contributed by atoms with Crippen molar-refractivity contribution in [1.29, 1.82) is 0 Å². The Morgan fingerprint density at radius 3 is 1.80 bits per heavy atom. The summed E-state index contributed by atoms with van der Waals surface area (Å²) in [6.07, 6.45) is 16.1. The van der Waals surface area contributed by atoms with E-state index in [1.807, 2.05) is 12.2 Å². The van der Waals surface area contributed by atoms with E-state index in [-0.39, 0.29) is 0 Å². The molecule has 2 heteroatoms. The van der Waals surface area contributed by atoms with Gasteiger partial charge in [0.25, 0.3) is 0 Å². The molecule has 0 heterocycles. The fourth-order valence-electron chi connectivity index (χ4n) is 1.72. The van der Waals surface area contributed by atoms with Gasteiger partial charge < -0.3 is 9.58 Å². The van der Waals surface area contributed by atoms with Gasteiger partial charge in [0, 0.05) is 20.1 Å². The number of nitrogens with zero attached hydrogens (tertiary/aromatic N) is 1. The summed E-state index contributed by atoms with van der Waals surface area (Å²) in [7, 11) is 1.75. The number of allylic oxidation sites excluding steroid dienone is 2. The average molecular weight is 279 g/mol. The molecule has 0 aromatic heterocycles. The Balaban J connectivity index is 0. The van der Waals surface area contributed by atoms with Gasteiger partial charge in [-0.1, -0.05) is 31.4 Å². The number of hydrogen-bond acceptors (Lipinski definition) is 1. The van der Waals surface area contributed by atoms with Gasteiger partial charge in [-0.25, -0.2) is 6.57 Å². The van der Waals surface area contributed by atoms with Gasteiger partial charge >= 0.3 is 0 Å². The van der Waals surface area contributed by atoms with E-state index in [1.165, 1.54) is 44.9 Å². The van der Waals surface area contributed by atoms with Gasteiger partial charge in [-0.3, -0.25) is 0 Å². The molecule has 0 aromatic carbocycles. The number of methoxy groups -OCH3 is 1. The van der Waals surface area contributed by atoms with Gasteiger partial charge in [0.2, 0.25) is 6.54 Å². The Morgan fingerprint density at radius 2 is 1.35 bits per heavy atom. The van der Waals surface area contributed by atoms with Crippen LogP contribution in [0.1, 0.15) is 64.2 Å². The molecule has 0 atom stereocenters.